The fraction of sp³-hybridized carbons (Fsp3) is 0.417. The summed E-state index contributed by atoms with van der Waals surface area (Å²) < 4.78 is 15.1. The molecule has 3 aromatic rings. The van der Waals surface area contributed by atoms with E-state index in [0.29, 0.717) is 49.1 Å². The number of nitrogens with one attached hydrogen (secondary N) is 1. The highest BCUT2D eigenvalue weighted by molar-refractivity contribution is 6.34. The second kappa shape index (κ2) is 8.09. The quantitative estimate of drug-likeness (QED) is 0.622. The Hall–Kier alpha value is -3.00. The van der Waals surface area contributed by atoms with Crippen LogP contribution in [0.15, 0.2) is 30.5 Å². The van der Waals surface area contributed by atoms with Gasteiger partial charge in [0.1, 0.15) is 11.4 Å². The molecule has 0 bridgehead atoms. The minimum absolute atomic E-state index is 0.0137. The van der Waals surface area contributed by atoms with E-state index in [1.807, 2.05) is 19.9 Å². The van der Waals surface area contributed by atoms with Crippen molar-refractivity contribution in [1.29, 1.82) is 0 Å². The molecule has 1 spiro atoms. The predicted molar refractivity (Wildman–Crippen MR) is 123 cm³/mol. The van der Waals surface area contributed by atoms with Crippen LogP contribution in [0.25, 0.3) is 5.65 Å². The summed E-state index contributed by atoms with van der Waals surface area (Å²) in [5, 5.41) is 7.66. The third kappa shape index (κ3) is 3.76. The maximum Gasteiger partial charge on any atom is 0.256 e. The van der Waals surface area contributed by atoms with E-state index in [-0.39, 0.29) is 22.9 Å². The van der Waals surface area contributed by atoms with Crippen LogP contribution in [0.3, 0.4) is 0 Å². The molecule has 1 aliphatic heterocycles. The number of amides is 2. The molecule has 2 fully saturated rings. The molecular formula is C24H25ClFN5O2. The number of carbonyl (C=O) groups is 2. The Bertz CT molecular complexity index is 1270. The van der Waals surface area contributed by atoms with Gasteiger partial charge in [-0.15, -0.1) is 0 Å². The van der Waals surface area contributed by atoms with Crippen molar-refractivity contribution in [3.63, 3.8) is 0 Å². The molecule has 0 unspecified atom stereocenters. The highest BCUT2D eigenvalue weighted by Crippen LogP contribution is 2.47. The van der Waals surface area contributed by atoms with E-state index >= 15 is 0 Å². The standard InChI is InChI=1S/C24H25ClFN5O2/c1-14-11-15(2)31-21(28-14)18(13-27-31)22(32)29-17-5-7-24(8-6-17)9-10-30(23(24)33)20-4-3-16(26)12-19(20)25/h3-4,11-13,17H,5-10H2,1-2H3,(H,29,32)/t17-,24-. The number of rotatable bonds is 3. The van der Waals surface area contributed by atoms with E-state index in [2.05, 4.69) is 15.4 Å². The first-order valence-corrected chi connectivity index (χ1v) is 11.6. The van der Waals surface area contributed by atoms with Gasteiger partial charge in [-0.1, -0.05) is 11.6 Å². The molecule has 0 radical (unpaired) electrons. The molecule has 1 aliphatic carbocycles. The topological polar surface area (TPSA) is 79.6 Å². The SMILES string of the molecule is Cc1cc(C)n2ncc(C(=O)N[C@H]3CC[C@@]4(CCN(c5ccc(F)cc5Cl)C4=O)CC3)c2n1. The molecule has 2 aromatic heterocycles. The highest BCUT2D eigenvalue weighted by Gasteiger charge is 2.49. The molecular weight excluding hydrogens is 445 g/mol. The molecule has 1 N–H and O–H groups in total. The lowest BCUT2D eigenvalue weighted by Crippen LogP contribution is -2.44. The van der Waals surface area contributed by atoms with Crippen molar-refractivity contribution >= 4 is 34.7 Å². The summed E-state index contributed by atoms with van der Waals surface area (Å²) in [6.45, 7) is 4.38. The van der Waals surface area contributed by atoms with Crippen molar-refractivity contribution in [3.05, 3.63) is 58.3 Å². The van der Waals surface area contributed by atoms with Crippen molar-refractivity contribution in [1.82, 2.24) is 19.9 Å². The van der Waals surface area contributed by atoms with Gasteiger partial charge in [-0.25, -0.2) is 13.9 Å². The van der Waals surface area contributed by atoms with Gasteiger partial charge in [0.05, 0.1) is 22.3 Å². The summed E-state index contributed by atoms with van der Waals surface area (Å²) in [5.41, 5.74) is 2.87. The van der Waals surface area contributed by atoms with Crippen LogP contribution in [0.1, 0.15) is 53.8 Å². The first kappa shape index (κ1) is 21.8. The molecule has 3 heterocycles. The van der Waals surface area contributed by atoms with E-state index in [1.54, 1.807) is 21.7 Å². The van der Waals surface area contributed by atoms with Crippen molar-refractivity contribution < 1.29 is 14.0 Å². The Balaban J connectivity index is 1.26. The second-order valence-corrected chi connectivity index (χ2v) is 9.57. The number of hydrogen-bond donors (Lipinski definition) is 1. The van der Waals surface area contributed by atoms with E-state index < -0.39 is 11.2 Å². The number of halogens is 2. The smallest absolute Gasteiger partial charge is 0.256 e. The Morgan fingerprint density at radius 2 is 1.97 bits per heavy atom. The molecule has 7 nitrogen and oxygen atoms in total. The number of anilines is 1. The van der Waals surface area contributed by atoms with Gasteiger partial charge < -0.3 is 10.2 Å². The molecule has 5 rings (SSSR count). The summed E-state index contributed by atoms with van der Waals surface area (Å²) in [5.74, 6) is -0.576. The Kier molecular flexibility index (Phi) is 5.35. The molecule has 9 heteroatoms. The molecule has 1 saturated heterocycles. The fourth-order valence-electron chi connectivity index (χ4n) is 5.22. The van der Waals surface area contributed by atoms with Crippen molar-refractivity contribution in [2.24, 2.45) is 5.41 Å². The maximum atomic E-state index is 13.4. The lowest BCUT2D eigenvalue weighted by Gasteiger charge is -2.36. The molecule has 0 atom stereocenters. The number of carbonyl (C=O) groups excluding carboxylic acids is 2. The van der Waals surface area contributed by atoms with E-state index in [9.17, 15) is 14.0 Å². The van der Waals surface area contributed by atoms with Crippen LogP contribution >= 0.6 is 11.6 Å². The summed E-state index contributed by atoms with van der Waals surface area (Å²) in [6.07, 6.45) is 5.10. The maximum absolute atomic E-state index is 13.4. The van der Waals surface area contributed by atoms with Gasteiger partial charge in [-0.3, -0.25) is 9.59 Å². The number of aryl methyl sites for hydroxylation is 2. The number of fused-ring (bicyclic) bond motifs is 1. The molecule has 1 aromatic carbocycles. The Morgan fingerprint density at radius 1 is 1.21 bits per heavy atom. The lowest BCUT2D eigenvalue weighted by atomic mass is 9.71. The van der Waals surface area contributed by atoms with E-state index in [0.717, 1.165) is 17.8 Å². The van der Waals surface area contributed by atoms with Gasteiger partial charge in [-0.05, 0) is 70.2 Å². The Morgan fingerprint density at radius 3 is 2.70 bits per heavy atom. The highest BCUT2D eigenvalue weighted by atomic mass is 35.5. The van der Waals surface area contributed by atoms with Gasteiger partial charge in [0.15, 0.2) is 5.65 Å². The molecule has 33 heavy (non-hydrogen) atoms. The van der Waals surface area contributed by atoms with Crippen LogP contribution in [-0.2, 0) is 4.79 Å². The molecule has 2 amide bonds. The van der Waals surface area contributed by atoms with Crippen LogP contribution in [0.4, 0.5) is 10.1 Å². The number of aromatic nitrogens is 3. The van der Waals surface area contributed by atoms with Crippen LogP contribution in [0, 0.1) is 25.1 Å². The van der Waals surface area contributed by atoms with Crippen LogP contribution in [0.5, 0.6) is 0 Å². The van der Waals surface area contributed by atoms with Gasteiger partial charge in [-0.2, -0.15) is 5.10 Å². The zero-order chi connectivity index (χ0) is 23.3. The zero-order valence-electron chi connectivity index (χ0n) is 18.6. The molecule has 2 aliphatic rings. The Labute approximate surface area is 195 Å². The number of nitrogens with zero attached hydrogens (tertiary/aromatic N) is 4. The third-order valence-electron chi connectivity index (χ3n) is 7.01. The molecule has 172 valence electrons. The van der Waals surface area contributed by atoms with Crippen molar-refractivity contribution in [2.45, 2.75) is 52.0 Å². The largest absolute Gasteiger partial charge is 0.349 e. The first-order valence-electron chi connectivity index (χ1n) is 11.2. The van der Waals surface area contributed by atoms with Crippen molar-refractivity contribution in [3.8, 4) is 0 Å². The zero-order valence-corrected chi connectivity index (χ0v) is 19.3. The van der Waals surface area contributed by atoms with E-state index in [1.165, 1.54) is 12.1 Å². The summed E-state index contributed by atoms with van der Waals surface area (Å²) in [4.78, 5) is 32.4. The minimum Gasteiger partial charge on any atom is -0.349 e. The predicted octanol–water partition coefficient (Wildman–Crippen LogP) is 4.23. The average molecular weight is 470 g/mol. The van der Waals surface area contributed by atoms with E-state index in [4.69, 9.17) is 11.6 Å². The number of hydrogen-bond acceptors (Lipinski definition) is 4. The lowest BCUT2D eigenvalue weighted by molar-refractivity contribution is -0.127. The normalized spacial score (nSPS) is 23.0. The average Bonchev–Trinajstić information content (AvgIpc) is 3.32. The number of benzene rings is 1. The summed E-state index contributed by atoms with van der Waals surface area (Å²) >= 11 is 6.20. The fourth-order valence-corrected chi connectivity index (χ4v) is 5.49. The van der Waals surface area contributed by atoms with Gasteiger partial charge in [0.25, 0.3) is 5.91 Å². The van der Waals surface area contributed by atoms with Crippen LogP contribution in [0.2, 0.25) is 5.02 Å². The minimum atomic E-state index is -0.445. The van der Waals surface area contributed by atoms with Crippen LogP contribution in [-0.4, -0.2) is 39.0 Å². The third-order valence-corrected chi connectivity index (χ3v) is 7.32. The monoisotopic (exact) mass is 469 g/mol. The van der Waals surface area contributed by atoms with Gasteiger partial charge >= 0.3 is 0 Å². The second-order valence-electron chi connectivity index (χ2n) is 9.16. The van der Waals surface area contributed by atoms with Gasteiger partial charge in [0.2, 0.25) is 5.91 Å². The first-order chi connectivity index (χ1) is 15.8. The van der Waals surface area contributed by atoms with Crippen LogP contribution < -0.4 is 10.2 Å². The molecule has 1 saturated carbocycles. The summed E-state index contributed by atoms with van der Waals surface area (Å²) in [7, 11) is 0. The van der Waals surface area contributed by atoms with Crippen molar-refractivity contribution in [2.75, 3.05) is 11.4 Å². The van der Waals surface area contributed by atoms with Gasteiger partial charge in [0, 0.05) is 24.0 Å². The summed E-state index contributed by atoms with van der Waals surface area (Å²) in [6, 6.07) is 6.03.